The van der Waals surface area contributed by atoms with Crippen molar-refractivity contribution in [2.45, 2.75) is 19.5 Å². The van der Waals surface area contributed by atoms with Crippen LogP contribution in [0.1, 0.15) is 34.5 Å². The van der Waals surface area contributed by atoms with E-state index in [2.05, 4.69) is 17.2 Å². The van der Waals surface area contributed by atoms with Crippen LogP contribution in [0.2, 0.25) is 0 Å². The Morgan fingerprint density at radius 1 is 1.37 bits per heavy atom. The average molecular weight is 256 g/mol. The molecule has 0 saturated carbocycles. The van der Waals surface area contributed by atoms with Crippen molar-refractivity contribution in [2.24, 2.45) is 0 Å². The molecule has 2 N–H and O–H groups in total. The van der Waals surface area contributed by atoms with E-state index in [1.54, 1.807) is 24.4 Å². The van der Waals surface area contributed by atoms with E-state index in [0.717, 1.165) is 11.1 Å². The molecule has 98 valence electrons. The standard InChI is InChI=1S/C15H16N2O2/c1-11(14-6-3-7-16-10-14)17-9-12-4-2-5-13(8-12)15(18)19/h2-8,10-11,17H,9H2,1H3,(H,18,19)/t11-/m1/s1. The first-order valence-corrected chi connectivity index (χ1v) is 6.12. The number of pyridine rings is 1. The van der Waals surface area contributed by atoms with Crippen LogP contribution in [-0.4, -0.2) is 16.1 Å². The monoisotopic (exact) mass is 256 g/mol. The number of nitrogens with zero attached hydrogens (tertiary/aromatic N) is 1. The van der Waals surface area contributed by atoms with Crippen molar-refractivity contribution in [3.8, 4) is 0 Å². The van der Waals surface area contributed by atoms with Crippen molar-refractivity contribution < 1.29 is 9.90 Å². The molecule has 0 spiro atoms. The lowest BCUT2D eigenvalue weighted by Gasteiger charge is -2.14. The SMILES string of the molecule is C[C@@H](NCc1cccc(C(=O)O)c1)c1cccnc1. The number of hydrogen-bond donors (Lipinski definition) is 2. The van der Waals surface area contributed by atoms with Crippen LogP contribution < -0.4 is 5.32 Å². The second kappa shape index (κ2) is 6.11. The molecule has 0 fully saturated rings. The molecule has 4 nitrogen and oxygen atoms in total. The quantitative estimate of drug-likeness (QED) is 0.863. The fourth-order valence-electron chi connectivity index (χ4n) is 1.84. The van der Waals surface area contributed by atoms with Gasteiger partial charge in [-0.05, 0) is 36.2 Å². The summed E-state index contributed by atoms with van der Waals surface area (Å²) in [5.41, 5.74) is 2.38. The Labute approximate surface area is 112 Å². The molecule has 2 aromatic rings. The molecule has 0 amide bonds. The largest absolute Gasteiger partial charge is 0.478 e. The predicted molar refractivity (Wildman–Crippen MR) is 72.9 cm³/mol. The first kappa shape index (κ1) is 13.2. The zero-order chi connectivity index (χ0) is 13.7. The Balaban J connectivity index is 1.99. The van der Waals surface area contributed by atoms with Crippen LogP contribution in [0.5, 0.6) is 0 Å². The number of aromatic carboxylic acids is 1. The summed E-state index contributed by atoms with van der Waals surface area (Å²) in [6.07, 6.45) is 3.57. The normalized spacial score (nSPS) is 12.1. The van der Waals surface area contributed by atoms with Crippen molar-refractivity contribution in [1.29, 1.82) is 0 Å². The highest BCUT2D eigenvalue weighted by molar-refractivity contribution is 5.87. The van der Waals surface area contributed by atoms with Crippen molar-refractivity contribution >= 4 is 5.97 Å². The summed E-state index contributed by atoms with van der Waals surface area (Å²) < 4.78 is 0. The highest BCUT2D eigenvalue weighted by atomic mass is 16.4. The van der Waals surface area contributed by atoms with Crippen LogP contribution in [0.15, 0.2) is 48.8 Å². The van der Waals surface area contributed by atoms with Gasteiger partial charge in [0.2, 0.25) is 0 Å². The molecule has 4 heteroatoms. The lowest BCUT2D eigenvalue weighted by Crippen LogP contribution is -2.18. The van der Waals surface area contributed by atoms with E-state index in [0.29, 0.717) is 12.1 Å². The van der Waals surface area contributed by atoms with Gasteiger partial charge in [0, 0.05) is 25.0 Å². The maximum absolute atomic E-state index is 10.9. The third-order valence-corrected chi connectivity index (χ3v) is 2.97. The molecule has 19 heavy (non-hydrogen) atoms. The van der Waals surface area contributed by atoms with Gasteiger partial charge in [0.05, 0.1) is 5.56 Å². The Morgan fingerprint density at radius 2 is 2.21 bits per heavy atom. The molecule has 1 aromatic carbocycles. The van der Waals surface area contributed by atoms with Gasteiger partial charge in [0.1, 0.15) is 0 Å². The highest BCUT2D eigenvalue weighted by Gasteiger charge is 2.06. The minimum absolute atomic E-state index is 0.169. The van der Waals surface area contributed by atoms with Gasteiger partial charge >= 0.3 is 5.97 Å². The van der Waals surface area contributed by atoms with E-state index in [1.807, 2.05) is 24.4 Å². The molecular formula is C15H16N2O2. The van der Waals surface area contributed by atoms with E-state index in [4.69, 9.17) is 5.11 Å². The van der Waals surface area contributed by atoms with Gasteiger partial charge in [-0.25, -0.2) is 4.79 Å². The molecule has 0 unspecified atom stereocenters. The molecule has 0 radical (unpaired) electrons. The Kier molecular flexibility index (Phi) is 4.26. The van der Waals surface area contributed by atoms with Gasteiger partial charge < -0.3 is 10.4 Å². The van der Waals surface area contributed by atoms with Crippen LogP contribution in [0, 0.1) is 0 Å². The van der Waals surface area contributed by atoms with Gasteiger partial charge in [-0.1, -0.05) is 18.2 Å². The number of carboxylic acid groups (broad SMARTS) is 1. The van der Waals surface area contributed by atoms with Gasteiger partial charge in [-0.3, -0.25) is 4.98 Å². The summed E-state index contributed by atoms with van der Waals surface area (Å²) in [5, 5.41) is 12.3. The summed E-state index contributed by atoms with van der Waals surface area (Å²) in [5.74, 6) is -0.901. The van der Waals surface area contributed by atoms with Crippen molar-refractivity contribution in [2.75, 3.05) is 0 Å². The van der Waals surface area contributed by atoms with Gasteiger partial charge in [0.15, 0.2) is 0 Å². The number of carbonyl (C=O) groups is 1. The van der Waals surface area contributed by atoms with Crippen LogP contribution in [0.3, 0.4) is 0 Å². The summed E-state index contributed by atoms with van der Waals surface area (Å²) >= 11 is 0. The van der Waals surface area contributed by atoms with E-state index in [1.165, 1.54) is 0 Å². The first-order chi connectivity index (χ1) is 9.16. The van der Waals surface area contributed by atoms with Crippen molar-refractivity contribution in [3.63, 3.8) is 0 Å². The topological polar surface area (TPSA) is 62.2 Å². The number of benzene rings is 1. The molecule has 2 rings (SSSR count). The smallest absolute Gasteiger partial charge is 0.335 e. The molecule has 1 atom stereocenters. The minimum Gasteiger partial charge on any atom is -0.478 e. The Hall–Kier alpha value is -2.20. The lowest BCUT2D eigenvalue weighted by molar-refractivity contribution is 0.0696. The van der Waals surface area contributed by atoms with E-state index >= 15 is 0 Å². The summed E-state index contributed by atoms with van der Waals surface area (Å²) in [4.78, 5) is 15.0. The number of carboxylic acids is 1. The number of nitrogens with one attached hydrogen (secondary N) is 1. The molecule has 0 aliphatic heterocycles. The van der Waals surface area contributed by atoms with E-state index < -0.39 is 5.97 Å². The minimum atomic E-state index is -0.901. The molecule has 0 bridgehead atoms. The second-order valence-corrected chi connectivity index (χ2v) is 4.39. The molecule has 0 aliphatic rings. The van der Waals surface area contributed by atoms with Crippen LogP contribution >= 0.6 is 0 Å². The fourth-order valence-corrected chi connectivity index (χ4v) is 1.84. The second-order valence-electron chi connectivity index (χ2n) is 4.39. The van der Waals surface area contributed by atoms with Gasteiger partial charge in [0.25, 0.3) is 0 Å². The van der Waals surface area contributed by atoms with Gasteiger partial charge in [-0.2, -0.15) is 0 Å². The van der Waals surface area contributed by atoms with E-state index in [-0.39, 0.29) is 6.04 Å². The fraction of sp³-hybridized carbons (Fsp3) is 0.200. The third kappa shape index (κ3) is 3.63. The van der Waals surface area contributed by atoms with Gasteiger partial charge in [-0.15, -0.1) is 0 Å². The summed E-state index contributed by atoms with van der Waals surface area (Å²) in [7, 11) is 0. The maximum atomic E-state index is 10.9. The Morgan fingerprint density at radius 3 is 2.89 bits per heavy atom. The molecule has 1 heterocycles. The molecule has 1 aromatic heterocycles. The molecular weight excluding hydrogens is 240 g/mol. The van der Waals surface area contributed by atoms with Crippen LogP contribution in [0.25, 0.3) is 0 Å². The Bertz CT molecular complexity index is 555. The number of aromatic nitrogens is 1. The van der Waals surface area contributed by atoms with Crippen LogP contribution in [-0.2, 0) is 6.54 Å². The average Bonchev–Trinajstić information content (AvgIpc) is 2.46. The zero-order valence-corrected chi connectivity index (χ0v) is 10.7. The van der Waals surface area contributed by atoms with Crippen molar-refractivity contribution in [1.82, 2.24) is 10.3 Å². The predicted octanol–water partition coefficient (Wildman–Crippen LogP) is 2.63. The van der Waals surface area contributed by atoms with E-state index in [9.17, 15) is 4.79 Å². The highest BCUT2D eigenvalue weighted by Crippen LogP contribution is 2.12. The maximum Gasteiger partial charge on any atom is 0.335 e. The first-order valence-electron chi connectivity index (χ1n) is 6.12. The lowest BCUT2D eigenvalue weighted by atomic mass is 10.1. The molecule has 0 saturated heterocycles. The summed E-state index contributed by atoms with van der Waals surface area (Å²) in [6, 6.07) is 11.0. The van der Waals surface area contributed by atoms with Crippen molar-refractivity contribution in [3.05, 3.63) is 65.5 Å². The summed E-state index contributed by atoms with van der Waals surface area (Å²) in [6.45, 7) is 2.68. The zero-order valence-electron chi connectivity index (χ0n) is 10.7. The van der Waals surface area contributed by atoms with Crippen LogP contribution in [0.4, 0.5) is 0 Å². The number of hydrogen-bond acceptors (Lipinski definition) is 3. The molecule has 0 aliphatic carbocycles. The number of rotatable bonds is 5. The third-order valence-electron chi connectivity index (χ3n) is 2.97.